The molecule has 0 saturated carbocycles. The van der Waals surface area contributed by atoms with Crippen LogP contribution in [0.1, 0.15) is 37.0 Å². The quantitative estimate of drug-likeness (QED) is 0.434. The van der Waals surface area contributed by atoms with E-state index in [0.29, 0.717) is 22.7 Å². The Morgan fingerprint density at radius 3 is 2.59 bits per heavy atom. The standard InChI is InChI=1S/C21H26N6O3S2/c1-5-27-19(14(3)23-17(28)10-15-6-8-16(30-4)9-7-15)25-26-21(27)32-12-18(29)24-20-22-13(2)11-31-20/h6-9,11,14H,5,10,12H2,1-4H3,(H,23,28)(H,22,24,29)/t14-/m0/s1. The van der Waals surface area contributed by atoms with Crippen molar-refractivity contribution < 1.29 is 14.3 Å². The number of aryl methyl sites for hydroxylation is 1. The minimum atomic E-state index is -0.324. The van der Waals surface area contributed by atoms with Gasteiger partial charge >= 0.3 is 0 Å². The first-order valence-corrected chi connectivity index (χ1v) is 12.0. The molecule has 0 bridgehead atoms. The summed E-state index contributed by atoms with van der Waals surface area (Å²) in [5.41, 5.74) is 1.77. The smallest absolute Gasteiger partial charge is 0.236 e. The maximum absolute atomic E-state index is 12.5. The zero-order valence-electron chi connectivity index (χ0n) is 18.4. The van der Waals surface area contributed by atoms with E-state index in [1.807, 2.05) is 55.0 Å². The lowest BCUT2D eigenvalue weighted by Crippen LogP contribution is -2.30. The maximum Gasteiger partial charge on any atom is 0.236 e. The van der Waals surface area contributed by atoms with Crippen LogP contribution < -0.4 is 15.4 Å². The highest BCUT2D eigenvalue weighted by atomic mass is 32.2. The van der Waals surface area contributed by atoms with E-state index in [1.165, 1.54) is 23.1 Å². The fourth-order valence-electron chi connectivity index (χ4n) is 3.01. The van der Waals surface area contributed by atoms with Gasteiger partial charge < -0.3 is 19.9 Å². The molecule has 0 aliphatic rings. The Balaban J connectivity index is 1.56. The molecule has 0 unspecified atom stereocenters. The van der Waals surface area contributed by atoms with Crippen LogP contribution in [0.3, 0.4) is 0 Å². The van der Waals surface area contributed by atoms with Crippen LogP contribution in [0.5, 0.6) is 5.75 Å². The Morgan fingerprint density at radius 2 is 1.97 bits per heavy atom. The molecule has 0 radical (unpaired) electrons. The van der Waals surface area contributed by atoms with Gasteiger partial charge in [-0.05, 0) is 38.5 Å². The molecule has 9 nitrogen and oxygen atoms in total. The number of nitrogens with one attached hydrogen (secondary N) is 2. The van der Waals surface area contributed by atoms with Crippen molar-refractivity contribution in [3.63, 3.8) is 0 Å². The fourth-order valence-corrected chi connectivity index (χ4v) is 4.52. The molecule has 0 saturated heterocycles. The van der Waals surface area contributed by atoms with Crippen molar-refractivity contribution in [3.05, 3.63) is 46.7 Å². The molecule has 32 heavy (non-hydrogen) atoms. The predicted octanol–water partition coefficient (Wildman–Crippen LogP) is 3.22. The minimum Gasteiger partial charge on any atom is -0.497 e. The molecular weight excluding hydrogens is 448 g/mol. The van der Waals surface area contributed by atoms with Gasteiger partial charge in [0.2, 0.25) is 11.8 Å². The molecule has 3 aromatic rings. The lowest BCUT2D eigenvalue weighted by molar-refractivity contribution is -0.121. The summed E-state index contributed by atoms with van der Waals surface area (Å²) < 4.78 is 7.05. The maximum atomic E-state index is 12.5. The van der Waals surface area contributed by atoms with Crippen molar-refractivity contribution in [1.29, 1.82) is 0 Å². The van der Waals surface area contributed by atoms with Crippen LogP contribution in [0.2, 0.25) is 0 Å². The summed E-state index contributed by atoms with van der Waals surface area (Å²) in [7, 11) is 1.61. The molecule has 0 aliphatic carbocycles. The van der Waals surface area contributed by atoms with Gasteiger partial charge in [-0.1, -0.05) is 23.9 Å². The fraction of sp³-hybridized carbons (Fsp3) is 0.381. The lowest BCUT2D eigenvalue weighted by atomic mass is 10.1. The third-order valence-corrected chi connectivity index (χ3v) is 6.39. The first-order valence-electron chi connectivity index (χ1n) is 10.1. The van der Waals surface area contributed by atoms with Gasteiger partial charge in [0.25, 0.3) is 0 Å². The number of hydrogen-bond acceptors (Lipinski definition) is 8. The van der Waals surface area contributed by atoms with E-state index in [4.69, 9.17) is 4.74 Å². The highest BCUT2D eigenvalue weighted by Gasteiger charge is 2.20. The number of methoxy groups -OCH3 is 1. The van der Waals surface area contributed by atoms with Crippen molar-refractivity contribution in [2.45, 2.75) is 44.9 Å². The van der Waals surface area contributed by atoms with E-state index < -0.39 is 0 Å². The number of benzene rings is 1. The van der Waals surface area contributed by atoms with E-state index in [-0.39, 0.29) is 30.0 Å². The van der Waals surface area contributed by atoms with Crippen molar-refractivity contribution in [2.24, 2.45) is 0 Å². The lowest BCUT2D eigenvalue weighted by Gasteiger charge is -2.15. The zero-order valence-corrected chi connectivity index (χ0v) is 20.0. The number of thioether (sulfide) groups is 1. The number of anilines is 1. The van der Waals surface area contributed by atoms with Gasteiger partial charge in [0.15, 0.2) is 16.1 Å². The minimum absolute atomic E-state index is 0.111. The van der Waals surface area contributed by atoms with E-state index in [0.717, 1.165) is 17.0 Å². The van der Waals surface area contributed by atoms with Crippen LogP contribution >= 0.6 is 23.1 Å². The highest BCUT2D eigenvalue weighted by Crippen LogP contribution is 2.22. The monoisotopic (exact) mass is 474 g/mol. The van der Waals surface area contributed by atoms with Crippen LogP contribution in [0, 0.1) is 6.92 Å². The highest BCUT2D eigenvalue weighted by molar-refractivity contribution is 7.99. The van der Waals surface area contributed by atoms with E-state index >= 15 is 0 Å². The van der Waals surface area contributed by atoms with Crippen LogP contribution in [-0.4, -0.2) is 44.4 Å². The van der Waals surface area contributed by atoms with Gasteiger partial charge in [-0.3, -0.25) is 9.59 Å². The number of nitrogens with zero attached hydrogens (tertiary/aromatic N) is 4. The first kappa shape index (κ1) is 23.7. The van der Waals surface area contributed by atoms with E-state index in [1.54, 1.807) is 7.11 Å². The largest absolute Gasteiger partial charge is 0.497 e. The molecule has 2 N–H and O–H groups in total. The molecule has 0 aliphatic heterocycles. The predicted molar refractivity (Wildman–Crippen MR) is 125 cm³/mol. The molecule has 0 spiro atoms. The van der Waals surface area contributed by atoms with Crippen LogP contribution in [0.4, 0.5) is 5.13 Å². The third kappa shape index (κ3) is 6.30. The summed E-state index contributed by atoms with van der Waals surface area (Å²) in [4.78, 5) is 28.9. The second kappa shape index (κ2) is 11.1. The Labute approximate surface area is 195 Å². The Kier molecular flexibility index (Phi) is 8.23. The second-order valence-corrected chi connectivity index (χ2v) is 8.83. The van der Waals surface area contributed by atoms with Crippen LogP contribution in [0.15, 0.2) is 34.8 Å². The number of hydrogen-bond donors (Lipinski definition) is 2. The summed E-state index contributed by atoms with van der Waals surface area (Å²) in [6, 6.07) is 7.06. The van der Waals surface area contributed by atoms with Crippen molar-refractivity contribution >= 4 is 40.0 Å². The zero-order chi connectivity index (χ0) is 23.1. The molecule has 2 amide bonds. The number of aromatic nitrogens is 4. The summed E-state index contributed by atoms with van der Waals surface area (Å²) in [6.45, 7) is 6.34. The van der Waals surface area contributed by atoms with Gasteiger partial charge in [0, 0.05) is 11.9 Å². The van der Waals surface area contributed by atoms with Crippen LogP contribution in [0.25, 0.3) is 0 Å². The van der Waals surface area contributed by atoms with Crippen molar-refractivity contribution in [2.75, 3.05) is 18.2 Å². The second-order valence-electron chi connectivity index (χ2n) is 7.03. The average Bonchev–Trinajstić information content (AvgIpc) is 3.38. The number of amides is 2. The van der Waals surface area contributed by atoms with E-state index in [9.17, 15) is 9.59 Å². The summed E-state index contributed by atoms with van der Waals surface area (Å²) in [6.07, 6.45) is 0.257. The Bertz CT molecular complexity index is 1060. The number of carbonyl (C=O) groups excluding carboxylic acids is 2. The molecule has 2 aromatic heterocycles. The summed E-state index contributed by atoms with van der Waals surface area (Å²) in [5, 5.41) is 17.3. The normalized spacial score (nSPS) is 11.8. The van der Waals surface area contributed by atoms with Gasteiger partial charge in [0.05, 0.1) is 31.0 Å². The number of carbonyl (C=O) groups is 2. The first-order chi connectivity index (χ1) is 15.4. The van der Waals surface area contributed by atoms with Gasteiger partial charge in [-0.15, -0.1) is 21.5 Å². The average molecular weight is 475 g/mol. The number of thiazole rings is 1. The Hall–Kier alpha value is -2.92. The molecule has 170 valence electrons. The number of rotatable bonds is 10. The molecule has 1 aromatic carbocycles. The molecule has 3 rings (SSSR count). The van der Waals surface area contributed by atoms with Gasteiger partial charge in [-0.2, -0.15) is 0 Å². The van der Waals surface area contributed by atoms with Gasteiger partial charge in [0.1, 0.15) is 5.75 Å². The summed E-state index contributed by atoms with van der Waals surface area (Å²) in [5.74, 6) is 1.32. The SMILES string of the molecule is CCn1c(SCC(=O)Nc2nc(C)cs2)nnc1[C@H](C)NC(=O)Cc1ccc(OC)cc1. The van der Waals surface area contributed by atoms with Crippen molar-refractivity contribution in [1.82, 2.24) is 25.1 Å². The Morgan fingerprint density at radius 1 is 1.22 bits per heavy atom. The van der Waals surface area contributed by atoms with Crippen LogP contribution in [-0.2, 0) is 22.6 Å². The topological polar surface area (TPSA) is 111 Å². The number of ether oxygens (including phenoxy) is 1. The molecular formula is C21H26N6O3S2. The molecule has 2 heterocycles. The molecule has 1 atom stereocenters. The summed E-state index contributed by atoms with van der Waals surface area (Å²) >= 11 is 2.69. The van der Waals surface area contributed by atoms with Gasteiger partial charge in [-0.25, -0.2) is 4.98 Å². The third-order valence-electron chi connectivity index (χ3n) is 4.55. The van der Waals surface area contributed by atoms with Crippen molar-refractivity contribution in [3.8, 4) is 5.75 Å². The molecule has 0 fully saturated rings. The molecule has 11 heteroatoms. The van der Waals surface area contributed by atoms with E-state index in [2.05, 4.69) is 25.8 Å².